The highest BCUT2D eigenvalue weighted by atomic mass is 79.9. The minimum Gasteiger partial charge on any atom is -0.379 e. The molecule has 0 bridgehead atoms. The lowest BCUT2D eigenvalue weighted by molar-refractivity contribution is 0.0452. The van der Waals surface area contributed by atoms with Gasteiger partial charge in [-0.3, -0.25) is 0 Å². The summed E-state index contributed by atoms with van der Waals surface area (Å²) in [7, 11) is 0. The second-order valence-electron chi connectivity index (χ2n) is 3.74. The van der Waals surface area contributed by atoms with Gasteiger partial charge in [-0.2, -0.15) is 0 Å². The maximum absolute atomic E-state index is 6.03. The first-order valence-electron chi connectivity index (χ1n) is 4.89. The van der Waals surface area contributed by atoms with Gasteiger partial charge < -0.3 is 10.5 Å². The lowest BCUT2D eigenvalue weighted by atomic mass is 10.2. The van der Waals surface area contributed by atoms with Crippen LogP contribution >= 0.6 is 39.0 Å². The molecule has 1 fully saturated rings. The predicted octanol–water partition coefficient (Wildman–Crippen LogP) is 3.03. The third-order valence-electron chi connectivity index (χ3n) is 2.29. The van der Waals surface area contributed by atoms with E-state index in [0.717, 1.165) is 17.7 Å². The van der Waals surface area contributed by atoms with Gasteiger partial charge in [-0.15, -0.1) is 23.1 Å². The summed E-state index contributed by atoms with van der Waals surface area (Å²) in [6.45, 7) is 3.83. The molecule has 0 radical (unpaired) electrons. The quantitative estimate of drug-likeness (QED) is 0.928. The highest BCUT2D eigenvalue weighted by Gasteiger charge is 2.27. The van der Waals surface area contributed by atoms with Gasteiger partial charge in [0, 0.05) is 20.8 Å². The summed E-state index contributed by atoms with van der Waals surface area (Å²) >= 11 is 7.20. The van der Waals surface area contributed by atoms with E-state index in [1.165, 1.54) is 4.88 Å². The highest BCUT2D eigenvalue weighted by Crippen LogP contribution is 2.40. The van der Waals surface area contributed by atoms with Crippen LogP contribution in [-0.4, -0.2) is 24.5 Å². The summed E-state index contributed by atoms with van der Waals surface area (Å²) in [5, 5.41) is 3.14. The Morgan fingerprint density at radius 1 is 1.67 bits per heavy atom. The van der Waals surface area contributed by atoms with Crippen LogP contribution in [0.4, 0.5) is 0 Å². The van der Waals surface area contributed by atoms with Crippen molar-refractivity contribution >= 4 is 39.0 Å². The molecule has 0 amide bonds. The van der Waals surface area contributed by atoms with Crippen LogP contribution in [0.5, 0.6) is 0 Å². The zero-order valence-electron chi connectivity index (χ0n) is 8.48. The van der Waals surface area contributed by atoms with E-state index in [1.807, 2.05) is 11.8 Å². The topological polar surface area (TPSA) is 35.2 Å². The van der Waals surface area contributed by atoms with Crippen LogP contribution in [0.3, 0.4) is 0 Å². The normalized spacial score (nSPS) is 21.0. The molecule has 1 aliphatic heterocycles. The average Bonchev–Trinajstić information content (AvgIpc) is 2.49. The molecule has 2 unspecified atom stereocenters. The second-order valence-corrected chi connectivity index (χ2v) is 7.05. The predicted molar refractivity (Wildman–Crippen MR) is 70.6 cm³/mol. The van der Waals surface area contributed by atoms with Gasteiger partial charge in [0.05, 0.1) is 23.7 Å². The molecule has 2 rings (SSSR count). The van der Waals surface area contributed by atoms with Crippen molar-refractivity contribution in [3.05, 3.63) is 20.8 Å². The molecule has 0 saturated carbocycles. The summed E-state index contributed by atoms with van der Waals surface area (Å²) in [4.78, 5) is 1.36. The molecule has 1 aromatic rings. The number of thiophene rings is 1. The fraction of sp³-hybridized carbons (Fsp3) is 0.600. The molecule has 2 N–H and O–H groups in total. The summed E-state index contributed by atoms with van der Waals surface area (Å²) < 4.78 is 6.34. The number of hydrogen-bond acceptors (Lipinski definition) is 4. The molecule has 84 valence electrons. The maximum Gasteiger partial charge on any atom is 0.0608 e. The molecule has 1 aliphatic rings. The van der Waals surface area contributed by atoms with E-state index in [2.05, 4.69) is 34.3 Å². The van der Waals surface area contributed by atoms with Gasteiger partial charge in [-0.25, -0.2) is 0 Å². The maximum atomic E-state index is 6.03. The molecule has 0 aliphatic carbocycles. The Hall–Kier alpha value is 0.450. The van der Waals surface area contributed by atoms with Crippen LogP contribution in [0.1, 0.15) is 17.1 Å². The SMILES string of the molecule is CC(N)C(SC1COC1)c1cc(Br)cs1. The fourth-order valence-electron chi connectivity index (χ4n) is 1.43. The Balaban J connectivity index is 2.04. The molecule has 0 spiro atoms. The molecule has 2 atom stereocenters. The van der Waals surface area contributed by atoms with E-state index in [0.29, 0.717) is 10.5 Å². The van der Waals surface area contributed by atoms with Crippen molar-refractivity contribution in [1.29, 1.82) is 0 Å². The van der Waals surface area contributed by atoms with Crippen molar-refractivity contribution in [2.75, 3.05) is 13.2 Å². The lowest BCUT2D eigenvalue weighted by Crippen LogP contribution is -2.33. The molecule has 0 aromatic carbocycles. The third kappa shape index (κ3) is 2.97. The van der Waals surface area contributed by atoms with Crippen molar-refractivity contribution in [2.24, 2.45) is 5.73 Å². The number of ether oxygens (including phenoxy) is 1. The van der Waals surface area contributed by atoms with Crippen molar-refractivity contribution in [1.82, 2.24) is 0 Å². The Morgan fingerprint density at radius 3 is 2.80 bits per heavy atom. The standard InChI is InChI=1S/C10H14BrNOS2/c1-6(12)10(15-8-3-13-4-8)9-2-7(11)5-14-9/h2,5-6,8,10H,3-4,12H2,1H3. The zero-order valence-corrected chi connectivity index (χ0v) is 11.7. The van der Waals surface area contributed by atoms with E-state index in [-0.39, 0.29) is 6.04 Å². The Kier molecular flexibility index (Phi) is 4.12. The van der Waals surface area contributed by atoms with E-state index in [1.54, 1.807) is 11.3 Å². The van der Waals surface area contributed by atoms with Crippen LogP contribution in [0.25, 0.3) is 0 Å². The van der Waals surface area contributed by atoms with Gasteiger partial charge in [0.1, 0.15) is 0 Å². The first-order valence-corrected chi connectivity index (χ1v) is 7.51. The van der Waals surface area contributed by atoms with Crippen LogP contribution in [0.15, 0.2) is 15.9 Å². The number of thioether (sulfide) groups is 1. The Morgan fingerprint density at radius 2 is 2.40 bits per heavy atom. The van der Waals surface area contributed by atoms with E-state index in [9.17, 15) is 0 Å². The molecular weight excluding hydrogens is 294 g/mol. The average molecular weight is 308 g/mol. The van der Waals surface area contributed by atoms with Gasteiger partial charge in [0.2, 0.25) is 0 Å². The van der Waals surface area contributed by atoms with Crippen LogP contribution in [0, 0.1) is 0 Å². The molecule has 5 heteroatoms. The van der Waals surface area contributed by atoms with Crippen molar-refractivity contribution in [3.63, 3.8) is 0 Å². The van der Waals surface area contributed by atoms with Crippen molar-refractivity contribution < 1.29 is 4.74 Å². The number of hydrogen-bond donors (Lipinski definition) is 1. The molecular formula is C10H14BrNOS2. The van der Waals surface area contributed by atoms with Gasteiger partial charge in [0.15, 0.2) is 0 Å². The highest BCUT2D eigenvalue weighted by molar-refractivity contribution is 9.10. The second kappa shape index (κ2) is 5.19. The summed E-state index contributed by atoms with van der Waals surface area (Å²) in [5.41, 5.74) is 6.03. The third-order valence-corrected chi connectivity index (χ3v) is 5.85. The Labute approximate surface area is 107 Å². The number of rotatable bonds is 4. The molecule has 1 saturated heterocycles. The van der Waals surface area contributed by atoms with E-state index < -0.39 is 0 Å². The molecule has 2 nitrogen and oxygen atoms in total. The Bertz CT molecular complexity index is 325. The minimum absolute atomic E-state index is 0.182. The van der Waals surface area contributed by atoms with Gasteiger partial charge in [0.25, 0.3) is 0 Å². The molecule has 2 heterocycles. The lowest BCUT2D eigenvalue weighted by Gasteiger charge is -2.30. The first kappa shape index (κ1) is 11.9. The summed E-state index contributed by atoms with van der Waals surface area (Å²) in [6, 6.07) is 2.35. The number of nitrogens with two attached hydrogens (primary N) is 1. The number of halogens is 1. The smallest absolute Gasteiger partial charge is 0.0608 e. The monoisotopic (exact) mass is 307 g/mol. The molecule has 15 heavy (non-hydrogen) atoms. The summed E-state index contributed by atoms with van der Waals surface area (Å²) in [6.07, 6.45) is 0. The van der Waals surface area contributed by atoms with E-state index in [4.69, 9.17) is 10.5 Å². The van der Waals surface area contributed by atoms with E-state index >= 15 is 0 Å². The van der Waals surface area contributed by atoms with Gasteiger partial charge >= 0.3 is 0 Å². The zero-order chi connectivity index (χ0) is 10.8. The fourth-order valence-corrected chi connectivity index (χ4v) is 4.51. The largest absolute Gasteiger partial charge is 0.379 e. The van der Waals surface area contributed by atoms with Crippen LogP contribution in [0.2, 0.25) is 0 Å². The first-order chi connectivity index (χ1) is 7.16. The van der Waals surface area contributed by atoms with Gasteiger partial charge in [-0.1, -0.05) is 0 Å². The minimum atomic E-state index is 0.182. The summed E-state index contributed by atoms with van der Waals surface area (Å²) in [5.74, 6) is 0. The van der Waals surface area contributed by atoms with Crippen LogP contribution in [-0.2, 0) is 4.74 Å². The molecule has 1 aromatic heterocycles. The van der Waals surface area contributed by atoms with Gasteiger partial charge in [-0.05, 0) is 28.9 Å². The van der Waals surface area contributed by atoms with Crippen molar-refractivity contribution in [2.45, 2.75) is 23.5 Å². The van der Waals surface area contributed by atoms with Crippen molar-refractivity contribution in [3.8, 4) is 0 Å². The van der Waals surface area contributed by atoms with Crippen LogP contribution < -0.4 is 5.73 Å².